The number of nitrogens with one attached hydrogen (secondary N) is 1. The third-order valence-corrected chi connectivity index (χ3v) is 3.48. The van der Waals surface area contributed by atoms with Gasteiger partial charge in [-0.25, -0.2) is 14.2 Å². The molecule has 0 saturated carbocycles. The maximum atomic E-state index is 14.4. The molecule has 9 heteroatoms. The average molecular weight is 370 g/mol. The summed E-state index contributed by atoms with van der Waals surface area (Å²) in [5.74, 6) is -0.695. The highest BCUT2D eigenvalue weighted by atomic mass is 35.5. The fourth-order valence-electron chi connectivity index (χ4n) is 2.23. The van der Waals surface area contributed by atoms with Crippen molar-refractivity contribution < 1.29 is 13.9 Å². The smallest absolute Gasteiger partial charge is 0.408 e. The van der Waals surface area contributed by atoms with Gasteiger partial charge in [-0.2, -0.15) is 15.0 Å². The summed E-state index contributed by atoms with van der Waals surface area (Å²) in [7, 11) is 1.61. The lowest BCUT2D eigenvalue weighted by atomic mass is 9.96. The van der Waals surface area contributed by atoms with Crippen LogP contribution in [0.2, 0.25) is 5.15 Å². The van der Waals surface area contributed by atoms with Crippen molar-refractivity contribution in [3.05, 3.63) is 28.9 Å². The predicted molar refractivity (Wildman–Crippen MR) is 91.6 cm³/mol. The van der Waals surface area contributed by atoms with Gasteiger partial charge in [-0.15, -0.1) is 0 Å². The molecule has 0 aliphatic heterocycles. The zero-order chi connectivity index (χ0) is 19.0. The largest absolute Gasteiger partial charge is 0.444 e. The Kier molecular flexibility index (Phi) is 5.04. The third kappa shape index (κ3) is 4.45. The Morgan fingerprint density at radius 3 is 2.52 bits per heavy atom. The minimum absolute atomic E-state index is 0.155. The maximum Gasteiger partial charge on any atom is 0.408 e. The van der Waals surface area contributed by atoms with E-state index in [-0.39, 0.29) is 16.4 Å². The molecule has 0 bridgehead atoms. The van der Waals surface area contributed by atoms with E-state index in [9.17, 15) is 9.18 Å². The predicted octanol–water partition coefficient (Wildman–Crippen LogP) is 3.43. The second-order valence-corrected chi connectivity index (χ2v) is 7.46. The van der Waals surface area contributed by atoms with Crippen molar-refractivity contribution >= 4 is 17.7 Å². The first-order chi connectivity index (χ1) is 11.4. The first kappa shape index (κ1) is 19.1. The molecule has 0 saturated heterocycles. The minimum atomic E-state index is -0.964. The van der Waals surface area contributed by atoms with E-state index in [1.54, 1.807) is 41.7 Å². The molecule has 0 aliphatic rings. The van der Waals surface area contributed by atoms with Gasteiger partial charge in [-0.05, 0) is 40.7 Å². The number of aromatic nitrogens is 4. The van der Waals surface area contributed by atoms with E-state index in [0.29, 0.717) is 5.69 Å². The lowest BCUT2D eigenvalue weighted by molar-refractivity contribution is 0.0468. The fraction of sp³-hybridized carbons (Fsp3) is 0.500. The molecule has 0 unspecified atom stereocenters. The number of hydrogen-bond acceptors (Lipinski definition) is 5. The van der Waals surface area contributed by atoms with Crippen LogP contribution in [0, 0.1) is 5.82 Å². The summed E-state index contributed by atoms with van der Waals surface area (Å²) in [4.78, 5) is 17.1. The standard InChI is InChI=1S/C16H21ClFN5O2/c1-15(2,3)25-14(24)20-16(4,5)12-11(21-23(6)22-12)9-7-8-19-13(17)10(9)18/h7-8H,1-6H3,(H,20,24). The van der Waals surface area contributed by atoms with E-state index in [2.05, 4.69) is 20.5 Å². The fourth-order valence-corrected chi connectivity index (χ4v) is 2.39. The van der Waals surface area contributed by atoms with Crippen molar-refractivity contribution in [3.8, 4) is 11.3 Å². The van der Waals surface area contributed by atoms with E-state index in [0.717, 1.165) is 0 Å². The zero-order valence-corrected chi connectivity index (χ0v) is 15.8. The Balaban J connectivity index is 2.42. The topological polar surface area (TPSA) is 81.9 Å². The molecule has 0 atom stereocenters. The number of amides is 1. The lowest BCUT2D eigenvalue weighted by Crippen LogP contribution is -2.44. The number of ether oxygens (including phenoxy) is 1. The third-order valence-electron chi connectivity index (χ3n) is 3.22. The Bertz CT molecular complexity index is 798. The van der Waals surface area contributed by atoms with Gasteiger partial charge >= 0.3 is 6.09 Å². The monoisotopic (exact) mass is 369 g/mol. The molecule has 1 amide bonds. The number of pyridine rings is 1. The second kappa shape index (κ2) is 6.59. The molecule has 0 aliphatic carbocycles. The Morgan fingerprint density at radius 2 is 1.92 bits per heavy atom. The van der Waals surface area contributed by atoms with Crippen LogP contribution in [0.15, 0.2) is 12.3 Å². The van der Waals surface area contributed by atoms with Gasteiger partial charge in [0.15, 0.2) is 11.0 Å². The number of nitrogens with zero attached hydrogens (tertiary/aromatic N) is 4. The molecular formula is C16H21ClFN5O2. The molecule has 2 rings (SSSR count). The van der Waals surface area contributed by atoms with Crippen LogP contribution in [0.5, 0.6) is 0 Å². The molecule has 25 heavy (non-hydrogen) atoms. The van der Waals surface area contributed by atoms with Crippen molar-refractivity contribution in [3.63, 3.8) is 0 Å². The SMILES string of the molecule is Cn1nc(-c2ccnc(Cl)c2F)c(C(C)(C)NC(=O)OC(C)(C)C)n1. The van der Waals surface area contributed by atoms with Crippen molar-refractivity contribution in [2.45, 2.75) is 45.8 Å². The molecule has 7 nitrogen and oxygen atoms in total. The van der Waals surface area contributed by atoms with Gasteiger partial charge in [0, 0.05) is 18.8 Å². The van der Waals surface area contributed by atoms with Crippen molar-refractivity contribution in [1.29, 1.82) is 0 Å². The van der Waals surface area contributed by atoms with Gasteiger partial charge in [0.05, 0.1) is 5.54 Å². The summed E-state index contributed by atoms with van der Waals surface area (Å²) in [5, 5.41) is 11.0. The molecule has 2 heterocycles. The number of carbonyl (C=O) groups is 1. The summed E-state index contributed by atoms with van der Waals surface area (Å²) in [5.41, 5.74) is -0.806. The summed E-state index contributed by atoms with van der Waals surface area (Å²) in [6.45, 7) is 8.75. The molecule has 0 aromatic carbocycles. The number of rotatable bonds is 3. The van der Waals surface area contributed by atoms with Crippen molar-refractivity contribution in [2.24, 2.45) is 7.05 Å². The number of alkyl carbamates (subject to hydrolysis) is 1. The zero-order valence-electron chi connectivity index (χ0n) is 15.0. The normalized spacial score (nSPS) is 12.2. The van der Waals surface area contributed by atoms with Gasteiger partial charge in [0.25, 0.3) is 0 Å². The van der Waals surface area contributed by atoms with E-state index < -0.39 is 23.1 Å². The summed E-state index contributed by atoms with van der Waals surface area (Å²) in [6, 6.07) is 1.46. The van der Waals surface area contributed by atoms with Gasteiger partial charge in [-0.3, -0.25) is 0 Å². The highest BCUT2D eigenvalue weighted by Crippen LogP contribution is 2.32. The van der Waals surface area contributed by atoms with Crippen LogP contribution < -0.4 is 5.32 Å². The van der Waals surface area contributed by atoms with Crippen molar-refractivity contribution in [1.82, 2.24) is 25.3 Å². The lowest BCUT2D eigenvalue weighted by Gasteiger charge is -2.27. The molecule has 136 valence electrons. The van der Waals surface area contributed by atoms with Crippen LogP contribution in [0.4, 0.5) is 9.18 Å². The van der Waals surface area contributed by atoms with Crippen LogP contribution in [-0.4, -0.2) is 31.7 Å². The quantitative estimate of drug-likeness (QED) is 0.838. The highest BCUT2D eigenvalue weighted by Gasteiger charge is 2.33. The molecule has 2 aromatic rings. The Hall–Kier alpha value is -2.22. The van der Waals surface area contributed by atoms with Crippen LogP contribution in [0.25, 0.3) is 11.3 Å². The van der Waals surface area contributed by atoms with Gasteiger partial charge in [0.2, 0.25) is 0 Å². The molecule has 1 N–H and O–H groups in total. The Morgan fingerprint density at radius 1 is 1.28 bits per heavy atom. The molecule has 2 aromatic heterocycles. The Labute approximate surface area is 150 Å². The molecule has 0 radical (unpaired) electrons. The first-order valence-corrected chi connectivity index (χ1v) is 8.02. The molecule has 0 spiro atoms. The second-order valence-electron chi connectivity index (χ2n) is 7.10. The highest BCUT2D eigenvalue weighted by molar-refractivity contribution is 6.29. The summed E-state index contributed by atoms with van der Waals surface area (Å²) < 4.78 is 19.6. The maximum absolute atomic E-state index is 14.4. The van der Waals surface area contributed by atoms with E-state index in [4.69, 9.17) is 16.3 Å². The van der Waals surface area contributed by atoms with Crippen LogP contribution >= 0.6 is 11.6 Å². The van der Waals surface area contributed by atoms with Gasteiger partial charge in [0.1, 0.15) is 17.0 Å². The molecular weight excluding hydrogens is 349 g/mol. The van der Waals surface area contributed by atoms with Crippen LogP contribution in [0.1, 0.15) is 40.3 Å². The number of halogens is 2. The van der Waals surface area contributed by atoms with Gasteiger partial charge in [-0.1, -0.05) is 11.6 Å². The van der Waals surface area contributed by atoms with E-state index in [1.807, 2.05) is 0 Å². The number of aryl methyl sites for hydroxylation is 1. The van der Waals surface area contributed by atoms with Crippen LogP contribution in [0.3, 0.4) is 0 Å². The van der Waals surface area contributed by atoms with Crippen molar-refractivity contribution in [2.75, 3.05) is 0 Å². The van der Waals surface area contributed by atoms with Crippen LogP contribution in [-0.2, 0) is 17.3 Å². The summed E-state index contributed by atoms with van der Waals surface area (Å²) in [6.07, 6.45) is 0.773. The van der Waals surface area contributed by atoms with E-state index >= 15 is 0 Å². The van der Waals surface area contributed by atoms with E-state index in [1.165, 1.54) is 17.1 Å². The minimum Gasteiger partial charge on any atom is -0.444 e. The number of carbonyl (C=O) groups excluding carboxylic acids is 1. The van der Waals surface area contributed by atoms with Gasteiger partial charge < -0.3 is 10.1 Å². The summed E-state index contributed by atoms with van der Waals surface area (Å²) >= 11 is 5.76. The average Bonchev–Trinajstić information content (AvgIpc) is 2.82. The number of hydrogen-bond donors (Lipinski definition) is 1. The first-order valence-electron chi connectivity index (χ1n) is 7.64. The molecule has 0 fully saturated rings.